The van der Waals surface area contributed by atoms with Crippen molar-refractivity contribution in [2.75, 3.05) is 0 Å². The van der Waals surface area contributed by atoms with Crippen molar-refractivity contribution in [1.29, 1.82) is 0 Å². The first kappa shape index (κ1) is 20.6. The third kappa shape index (κ3) is 5.01. The highest BCUT2D eigenvalue weighted by Crippen LogP contribution is 2.51. The van der Waals surface area contributed by atoms with Gasteiger partial charge in [0.25, 0.3) is 0 Å². The smallest absolute Gasteiger partial charge is 0.303 e. The molecule has 5 heteroatoms. The lowest BCUT2D eigenvalue weighted by Crippen LogP contribution is -2.46. The van der Waals surface area contributed by atoms with Gasteiger partial charge in [0.2, 0.25) is 0 Å². The largest absolute Gasteiger partial charge is 0.481 e. The maximum absolute atomic E-state index is 10.7. The van der Waals surface area contributed by atoms with Crippen molar-refractivity contribution in [3.8, 4) is 0 Å². The predicted octanol–water partition coefficient (Wildman–Crippen LogP) is 3.86. The first-order valence-electron chi connectivity index (χ1n) is 10.6. The summed E-state index contributed by atoms with van der Waals surface area (Å²) in [6, 6.07) is 0. The molecule has 0 aromatic carbocycles. The lowest BCUT2D eigenvalue weighted by molar-refractivity contribution is -0.137. The van der Waals surface area contributed by atoms with E-state index in [1.54, 1.807) is 0 Å². The molecule has 27 heavy (non-hydrogen) atoms. The van der Waals surface area contributed by atoms with Crippen molar-refractivity contribution in [3.63, 3.8) is 0 Å². The number of aliphatic carboxylic acids is 1. The molecule has 0 spiro atoms. The second kappa shape index (κ2) is 9.35. The third-order valence-corrected chi connectivity index (χ3v) is 6.34. The molecule has 3 aliphatic rings. The normalized spacial score (nSPS) is 35.6. The van der Waals surface area contributed by atoms with Crippen LogP contribution in [0.2, 0.25) is 0 Å². The van der Waals surface area contributed by atoms with E-state index in [2.05, 4.69) is 19.6 Å². The fourth-order valence-electron chi connectivity index (χ4n) is 4.88. The topological polar surface area (TPSA) is 76.0 Å². The summed E-state index contributed by atoms with van der Waals surface area (Å²) in [5.74, 6) is -0.0192. The molecule has 0 amide bonds. The molecule has 0 aromatic heterocycles. The number of carbonyl (C=O) groups is 1. The van der Waals surface area contributed by atoms with Gasteiger partial charge in [-0.15, -0.1) is 0 Å². The average molecular weight is 379 g/mol. The van der Waals surface area contributed by atoms with Gasteiger partial charge in [-0.2, -0.15) is 0 Å². The Balaban J connectivity index is 1.54. The van der Waals surface area contributed by atoms with Gasteiger partial charge in [-0.25, -0.2) is 0 Å². The molecule has 2 N–H and O–H groups in total. The van der Waals surface area contributed by atoms with Crippen LogP contribution in [0.25, 0.3) is 0 Å². The van der Waals surface area contributed by atoms with E-state index in [-0.39, 0.29) is 36.9 Å². The Labute approximate surface area is 162 Å². The fraction of sp³-hybridized carbons (Fsp3) is 0.773. The molecule has 3 aliphatic heterocycles. The maximum atomic E-state index is 10.7. The number of fused-ring (bicyclic) bond motifs is 1. The monoisotopic (exact) mass is 378 g/mol. The first-order chi connectivity index (χ1) is 13.0. The molecule has 0 aromatic rings. The van der Waals surface area contributed by atoms with Crippen molar-refractivity contribution in [3.05, 3.63) is 24.3 Å². The van der Waals surface area contributed by atoms with Gasteiger partial charge in [-0.1, -0.05) is 44.9 Å². The quantitative estimate of drug-likeness (QED) is 0.422. The number of rotatable bonds is 11. The minimum atomic E-state index is -0.763. The van der Waals surface area contributed by atoms with Crippen molar-refractivity contribution >= 4 is 5.97 Å². The van der Waals surface area contributed by atoms with Crippen LogP contribution in [-0.4, -0.2) is 46.7 Å². The minimum Gasteiger partial charge on any atom is -0.481 e. The highest BCUT2D eigenvalue weighted by atomic mass is 16.6. The number of aliphatic hydroxyl groups is 1. The van der Waals surface area contributed by atoms with E-state index in [1.807, 2.05) is 6.08 Å². The van der Waals surface area contributed by atoms with Crippen LogP contribution in [0.1, 0.15) is 64.7 Å². The Kier molecular flexibility index (Phi) is 7.12. The van der Waals surface area contributed by atoms with E-state index in [4.69, 9.17) is 14.6 Å². The first-order valence-corrected chi connectivity index (χ1v) is 10.6. The van der Waals surface area contributed by atoms with Gasteiger partial charge >= 0.3 is 5.97 Å². The molecule has 0 radical (unpaired) electrons. The van der Waals surface area contributed by atoms with E-state index in [0.717, 1.165) is 44.1 Å². The van der Waals surface area contributed by atoms with Crippen molar-refractivity contribution in [1.82, 2.24) is 0 Å². The average Bonchev–Trinajstić information content (AvgIpc) is 3.19. The molecule has 3 heterocycles. The van der Waals surface area contributed by atoms with Gasteiger partial charge in [0.05, 0.1) is 30.5 Å². The van der Waals surface area contributed by atoms with E-state index in [9.17, 15) is 9.90 Å². The maximum Gasteiger partial charge on any atom is 0.303 e. The molecule has 0 saturated carbocycles. The van der Waals surface area contributed by atoms with Crippen molar-refractivity contribution in [2.24, 2.45) is 11.8 Å². The molecule has 7 atom stereocenters. The van der Waals surface area contributed by atoms with Gasteiger partial charge < -0.3 is 19.7 Å². The molecule has 1 unspecified atom stereocenters. The van der Waals surface area contributed by atoms with Crippen LogP contribution >= 0.6 is 0 Å². The molecule has 3 saturated heterocycles. The SMILES string of the molecule is C=C(CCCC(=O)O)C1C[C@@H]2[C@H](C=C[C@@H](O)CCCCC)[C@@H]3C[C@H](O1)[C@H]2O3. The van der Waals surface area contributed by atoms with Crippen LogP contribution in [0.5, 0.6) is 0 Å². The molecule has 3 rings (SSSR count). The van der Waals surface area contributed by atoms with E-state index >= 15 is 0 Å². The molecule has 2 bridgehead atoms. The second-order valence-electron chi connectivity index (χ2n) is 8.37. The standard InChI is InChI=1S/C22H34O5/c1-3-4-5-8-15(23)10-11-16-17-12-18(14(2)7-6-9-21(24)25)26-20-13-19(16)27-22(17)20/h10-11,15-20,22-23H,2-9,12-13H2,1H3,(H,24,25)/t15-,16-,17+,18?,19-,20-,22-/m0/s1. The second-order valence-corrected chi connectivity index (χ2v) is 8.37. The Morgan fingerprint density at radius 3 is 2.74 bits per heavy atom. The Morgan fingerprint density at radius 2 is 2.00 bits per heavy atom. The van der Waals surface area contributed by atoms with Crippen molar-refractivity contribution < 1.29 is 24.5 Å². The zero-order chi connectivity index (χ0) is 19.4. The molecule has 5 nitrogen and oxygen atoms in total. The van der Waals surface area contributed by atoms with E-state index in [1.165, 1.54) is 0 Å². The molecule has 3 fully saturated rings. The Hall–Kier alpha value is -1.17. The van der Waals surface area contributed by atoms with Gasteiger partial charge in [-0.05, 0) is 37.2 Å². The highest BCUT2D eigenvalue weighted by Gasteiger charge is 2.57. The number of hydrogen-bond donors (Lipinski definition) is 2. The number of hydrogen-bond acceptors (Lipinski definition) is 4. The highest BCUT2D eigenvalue weighted by molar-refractivity contribution is 5.66. The zero-order valence-corrected chi connectivity index (χ0v) is 16.4. The fourth-order valence-corrected chi connectivity index (χ4v) is 4.88. The summed E-state index contributed by atoms with van der Waals surface area (Å²) in [5.41, 5.74) is 1.01. The number of unbranched alkanes of at least 4 members (excludes halogenated alkanes) is 2. The number of aliphatic hydroxyl groups excluding tert-OH is 1. The third-order valence-electron chi connectivity index (χ3n) is 6.34. The summed E-state index contributed by atoms with van der Waals surface area (Å²) in [6.07, 6.45) is 11.7. The predicted molar refractivity (Wildman–Crippen MR) is 103 cm³/mol. The Bertz CT molecular complexity index is 557. The van der Waals surface area contributed by atoms with Gasteiger partial charge in [0.1, 0.15) is 0 Å². The van der Waals surface area contributed by atoms with Crippen LogP contribution in [-0.2, 0) is 14.3 Å². The molecular weight excluding hydrogens is 344 g/mol. The van der Waals surface area contributed by atoms with Gasteiger partial charge in [-0.3, -0.25) is 4.79 Å². The van der Waals surface area contributed by atoms with Crippen LogP contribution in [0.4, 0.5) is 0 Å². The van der Waals surface area contributed by atoms with E-state index < -0.39 is 5.97 Å². The number of carboxylic acids is 1. The van der Waals surface area contributed by atoms with E-state index in [0.29, 0.717) is 24.7 Å². The summed E-state index contributed by atoms with van der Waals surface area (Å²) in [4.78, 5) is 10.7. The molecular formula is C22H34O5. The lowest BCUT2D eigenvalue weighted by atomic mass is 9.72. The summed E-state index contributed by atoms with van der Waals surface area (Å²) >= 11 is 0. The molecule has 0 aliphatic carbocycles. The summed E-state index contributed by atoms with van der Waals surface area (Å²) in [6.45, 7) is 6.33. The summed E-state index contributed by atoms with van der Waals surface area (Å²) < 4.78 is 12.4. The van der Waals surface area contributed by atoms with Crippen LogP contribution < -0.4 is 0 Å². The van der Waals surface area contributed by atoms with Crippen LogP contribution in [0, 0.1) is 11.8 Å². The minimum absolute atomic E-state index is 0.00178. The lowest BCUT2D eigenvalue weighted by Gasteiger charge is -2.41. The van der Waals surface area contributed by atoms with Crippen LogP contribution in [0.3, 0.4) is 0 Å². The summed E-state index contributed by atoms with van der Waals surface area (Å²) in [7, 11) is 0. The number of ether oxygens (including phenoxy) is 2. The van der Waals surface area contributed by atoms with Crippen LogP contribution in [0.15, 0.2) is 24.3 Å². The van der Waals surface area contributed by atoms with Gasteiger partial charge in [0, 0.05) is 18.8 Å². The van der Waals surface area contributed by atoms with Gasteiger partial charge in [0.15, 0.2) is 0 Å². The summed E-state index contributed by atoms with van der Waals surface area (Å²) in [5, 5.41) is 19.0. The zero-order valence-electron chi connectivity index (χ0n) is 16.4. The Morgan fingerprint density at radius 1 is 1.19 bits per heavy atom. The molecule has 152 valence electrons. The number of carboxylic acid groups (broad SMARTS) is 1. The van der Waals surface area contributed by atoms with Crippen molar-refractivity contribution in [2.45, 2.75) is 95.2 Å².